The third kappa shape index (κ3) is 4.48. The molecule has 0 unspecified atom stereocenters. The summed E-state index contributed by atoms with van der Waals surface area (Å²) in [6, 6.07) is 9.49. The molecule has 1 aromatic rings. The lowest BCUT2D eigenvalue weighted by Gasteiger charge is -2.30. The smallest absolute Gasteiger partial charge is 0.337 e. The van der Waals surface area contributed by atoms with Crippen LogP contribution in [-0.4, -0.2) is 65.4 Å². The molecule has 0 radical (unpaired) electrons. The molecule has 0 spiro atoms. The van der Waals surface area contributed by atoms with Gasteiger partial charge in [0.1, 0.15) is 24.4 Å². The molecule has 0 aliphatic carbocycles. The maximum atomic E-state index is 11.8. The summed E-state index contributed by atoms with van der Waals surface area (Å²) in [6.45, 7) is 5.46. The predicted molar refractivity (Wildman–Crippen MR) is 92.4 cm³/mol. The summed E-state index contributed by atoms with van der Waals surface area (Å²) in [7, 11) is 0. The molecule has 27 heavy (non-hydrogen) atoms. The number of ether oxygens (including phenoxy) is 5. The Hall–Kier alpha value is -1.55. The summed E-state index contributed by atoms with van der Waals surface area (Å²) >= 11 is 0. The Bertz CT molecular complexity index is 634. The summed E-state index contributed by atoms with van der Waals surface area (Å²) in [5.41, 5.74) is 0.929. The zero-order valence-corrected chi connectivity index (χ0v) is 15.6. The highest BCUT2D eigenvalue weighted by Crippen LogP contribution is 2.40. The lowest BCUT2D eigenvalue weighted by molar-refractivity contribution is -0.237. The van der Waals surface area contributed by atoms with Crippen molar-refractivity contribution in [1.82, 2.24) is 0 Å². The Balaban J connectivity index is 1.74. The summed E-state index contributed by atoms with van der Waals surface area (Å²) in [6.07, 6.45) is -6.43. The second-order valence-electron chi connectivity index (χ2n) is 7.02. The fraction of sp³-hybridized carbons (Fsp3) is 0.632. The molecular weight excluding hydrogens is 356 g/mol. The van der Waals surface area contributed by atoms with Gasteiger partial charge in [0, 0.05) is 0 Å². The van der Waals surface area contributed by atoms with Crippen LogP contribution in [0.3, 0.4) is 0 Å². The van der Waals surface area contributed by atoms with Crippen LogP contribution in [0.4, 0.5) is 0 Å². The zero-order valence-electron chi connectivity index (χ0n) is 15.6. The molecule has 0 bridgehead atoms. The maximum absolute atomic E-state index is 11.8. The predicted octanol–water partition coefficient (Wildman–Crippen LogP) is 0.733. The molecule has 2 N–H and O–H groups in total. The molecule has 0 amide bonds. The summed E-state index contributed by atoms with van der Waals surface area (Å²) < 4.78 is 28.0. The summed E-state index contributed by atoms with van der Waals surface area (Å²) in [5.74, 6) is -1.78. The average molecular weight is 382 g/mol. The van der Waals surface area contributed by atoms with E-state index in [-0.39, 0.29) is 13.2 Å². The standard InChI is InChI=1S/C19H26O8/c1-4-23-17(22)13(21)12(20)14-15(24-10-11-8-6-5-7-9-11)16-18(25-14)27-19(2,3)26-16/h5-9,12-16,18,20-21H,4,10H2,1-3H3/t12-,13-,14+,15-,16+,18+/m0/s1. The molecule has 2 aliphatic heterocycles. The normalized spacial score (nSPS) is 31.3. The number of fused-ring (bicyclic) bond motifs is 1. The molecule has 8 nitrogen and oxygen atoms in total. The number of benzene rings is 1. The molecule has 0 saturated carbocycles. The first-order valence-corrected chi connectivity index (χ1v) is 9.02. The van der Waals surface area contributed by atoms with Crippen molar-refractivity contribution in [2.24, 2.45) is 0 Å². The highest BCUT2D eigenvalue weighted by molar-refractivity contribution is 5.75. The van der Waals surface area contributed by atoms with Gasteiger partial charge in [0.15, 0.2) is 18.2 Å². The molecule has 1 aromatic carbocycles. The minimum absolute atomic E-state index is 0.0910. The molecule has 2 saturated heterocycles. The van der Waals surface area contributed by atoms with E-state index in [1.807, 2.05) is 30.3 Å². The zero-order chi connectivity index (χ0) is 19.6. The van der Waals surface area contributed by atoms with Gasteiger partial charge in [-0.15, -0.1) is 0 Å². The van der Waals surface area contributed by atoms with E-state index in [1.165, 1.54) is 0 Å². The molecule has 0 aromatic heterocycles. The second kappa shape index (κ2) is 8.22. The SMILES string of the molecule is CCOC(=O)[C@@H](O)[C@H](O)[C@H]1O[C@@H]2OC(C)(C)O[C@@H]2[C@H]1OCc1ccccc1. The van der Waals surface area contributed by atoms with E-state index < -0.39 is 48.6 Å². The van der Waals surface area contributed by atoms with Crippen LogP contribution in [-0.2, 0) is 35.1 Å². The van der Waals surface area contributed by atoms with Crippen molar-refractivity contribution in [2.75, 3.05) is 6.61 Å². The topological polar surface area (TPSA) is 104 Å². The number of rotatable bonds is 7. The molecule has 150 valence electrons. The Morgan fingerprint density at radius 3 is 2.59 bits per heavy atom. The number of esters is 1. The van der Waals surface area contributed by atoms with Crippen LogP contribution in [0.5, 0.6) is 0 Å². The lowest BCUT2D eigenvalue weighted by atomic mass is 10.0. The van der Waals surface area contributed by atoms with Crippen molar-refractivity contribution < 1.29 is 38.7 Å². The molecule has 8 heteroatoms. The van der Waals surface area contributed by atoms with E-state index in [0.29, 0.717) is 0 Å². The number of hydrogen-bond acceptors (Lipinski definition) is 8. The van der Waals surface area contributed by atoms with E-state index in [1.54, 1.807) is 20.8 Å². The van der Waals surface area contributed by atoms with E-state index in [4.69, 9.17) is 23.7 Å². The first kappa shape index (κ1) is 20.2. The number of carbonyl (C=O) groups is 1. The maximum Gasteiger partial charge on any atom is 0.337 e. The van der Waals surface area contributed by atoms with Gasteiger partial charge in [0.25, 0.3) is 0 Å². The van der Waals surface area contributed by atoms with Gasteiger partial charge in [0.2, 0.25) is 0 Å². The van der Waals surface area contributed by atoms with Gasteiger partial charge in [0.05, 0.1) is 13.2 Å². The van der Waals surface area contributed by atoms with Crippen LogP contribution >= 0.6 is 0 Å². The average Bonchev–Trinajstić information content (AvgIpc) is 3.11. The van der Waals surface area contributed by atoms with Crippen molar-refractivity contribution >= 4 is 5.97 Å². The van der Waals surface area contributed by atoms with Crippen molar-refractivity contribution in [3.63, 3.8) is 0 Å². The highest BCUT2D eigenvalue weighted by atomic mass is 16.8. The number of aliphatic hydroxyl groups excluding tert-OH is 2. The lowest BCUT2D eigenvalue weighted by Crippen LogP contribution is -2.50. The third-order valence-electron chi connectivity index (χ3n) is 4.50. The van der Waals surface area contributed by atoms with E-state index in [2.05, 4.69) is 0 Å². The van der Waals surface area contributed by atoms with Gasteiger partial charge < -0.3 is 33.9 Å². The Morgan fingerprint density at radius 1 is 1.22 bits per heavy atom. The summed E-state index contributed by atoms with van der Waals surface area (Å²) in [4.78, 5) is 11.8. The van der Waals surface area contributed by atoms with Gasteiger partial charge in [-0.1, -0.05) is 30.3 Å². The van der Waals surface area contributed by atoms with Gasteiger partial charge >= 0.3 is 5.97 Å². The minimum atomic E-state index is -1.76. The van der Waals surface area contributed by atoms with Crippen LogP contribution in [0.25, 0.3) is 0 Å². The van der Waals surface area contributed by atoms with E-state index >= 15 is 0 Å². The number of carbonyl (C=O) groups excluding carboxylic acids is 1. The van der Waals surface area contributed by atoms with Gasteiger partial charge in [-0.05, 0) is 26.3 Å². The van der Waals surface area contributed by atoms with E-state index in [9.17, 15) is 15.0 Å². The Morgan fingerprint density at radius 2 is 1.93 bits per heavy atom. The molecule has 3 rings (SSSR count). The first-order valence-electron chi connectivity index (χ1n) is 9.02. The Kier molecular flexibility index (Phi) is 6.15. The molecule has 2 aliphatic rings. The largest absolute Gasteiger partial charge is 0.464 e. The van der Waals surface area contributed by atoms with Crippen LogP contribution in [0, 0.1) is 0 Å². The molecule has 2 heterocycles. The number of hydrogen-bond donors (Lipinski definition) is 2. The van der Waals surface area contributed by atoms with Gasteiger partial charge in [-0.3, -0.25) is 0 Å². The number of aliphatic hydroxyl groups is 2. The van der Waals surface area contributed by atoms with Crippen molar-refractivity contribution in [2.45, 2.75) is 70.0 Å². The summed E-state index contributed by atoms with van der Waals surface area (Å²) in [5, 5.41) is 20.6. The van der Waals surface area contributed by atoms with Crippen molar-refractivity contribution in [3.05, 3.63) is 35.9 Å². The van der Waals surface area contributed by atoms with Crippen LogP contribution in [0.1, 0.15) is 26.3 Å². The van der Waals surface area contributed by atoms with Crippen LogP contribution < -0.4 is 0 Å². The first-order chi connectivity index (χ1) is 12.8. The van der Waals surface area contributed by atoms with Gasteiger partial charge in [-0.25, -0.2) is 4.79 Å². The third-order valence-corrected chi connectivity index (χ3v) is 4.50. The monoisotopic (exact) mass is 382 g/mol. The quantitative estimate of drug-likeness (QED) is 0.666. The Labute approximate surface area is 157 Å². The van der Waals surface area contributed by atoms with Gasteiger partial charge in [-0.2, -0.15) is 0 Å². The molecular formula is C19H26O8. The highest BCUT2D eigenvalue weighted by Gasteiger charge is 2.58. The van der Waals surface area contributed by atoms with Crippen LogP contribution in [0.15, 0.2) is 30.3 Å². The molecule has 6 atom stereocenters. The van der Waals surface area contributed by atoms with Crippen molar-refractivity contribution in [3.8, 4) is 0 Å². The van der Waals surface area contributed by atoms with Crippen molar-refractivity contribution in [1.29, 1.82) is 0 Å². The fourth-order valence-electron chi connectivity index (χ4n) is 3.28. The van der Waals surface area contributed by atoms with Crippen LogP contribution in [0.2, 0.25) is 0 Å². The fourth-order valence-corrected chi connectivity index (χ4v) is 3.28. The minimum Gasteiger partial charge on any atom is -0.464 e. The van der Waals surface area contributed by atoms with E-state index in [0.717, 1.165) is 5.56 Å². The molecule has 2 fully saturated rings. The second-order valence-corrected chi connectivity index (χ2v) is 7.02.